The van der Waals surface area contributed by atoms with Gasteiger partial charge in [0.05, 0.1) is 0 Å². The zero-order valence-corrected chi connectivity index (χ0v) is 16.3. The van der Waals surface area contributed by atoms with Crippen LogP contribution in [0.3, 0.4) is 0 Å². The molecule has 8 nitrogen and oxygen atoms in total. The van der Waals surface area contributed by atoms with Crippen LogP contribution >= 0.6 is 0 Å². The average Bonchev–Trinajstić information content (AvgIpc) is 2.87. The summed E-state index contributed by atoms with van der Waals surface area (Å²) >= 11 is 0. The van der Waals surface area contributed by atoms with Crippen molar-refractivity contribution in [1.82, 2.24) is 20.1 Å². The summed E-state index contributed by atoms with van der Waals surface area (Å²) in [5, 5.41) is 20.3. The Hall–Kier alpha value is -2.90. The van der Waals surface area contributed by atoms with Gasteiger partial charge in [-0.2, -0.15) is 0 Å². The molecule has 0 bridgehead atoms. The molecule has 0 saturated carbocycles. The van der Waals surface area contributed by atoms with Crippen molar-refractivity contribution in [3.05, 3.63) is 40.5 Å². The summed E-state index contributed by atoms with van der Waals surface area (Å²) in [5.74, 6) is 1.26. The monoisotopic (exact) mass is 386 g/mol. The number of rotatable bonds is 7. The molecular weight excluding hydrogens is 360 g/mol. The molecule has 0 fully saturated rings. The molecule has 2 aromatic rings. The largest absolute Gasteiger partial charge is 0.481 e. The number of aryl methyl sites for hydroxylation is 3. The van der Waals surface area contributed by atoms with Crippen LogP contribution in [0.4, 0.5) is 0 Å². The number of aromatic nitrogens is 3. The summed E-state index contributed by atoms with van der Waals surface area (Å²) in [6, 6.07) is 3.42. The maximum atomic E-state index is 12.5. The molecule has 3 rings (SSSR count). The van der Waals surface area contributed by atoms with E-state index >= 15 is 0 Å². The van der Waals surface area contributed by atoms with Gasteiger partial charge >= 0.3 is 5.97 Å². The first-order chi connectivity index (χ1) is 13.5. The van der Waals surface area contributed by atoms with E-state index in [1.54, 1.807) is 26.0 Å². The van der Waals surface area contributed by atoms with Crippen LogP contribution in [0.5, 0.6) is 5.75 Å². The number of ether oxygens (including phenoxy) is 1. The van der Waals surface area contributed by atoms with E-state index in [0.29, 0.717) is 24.3 Å². The first kappa shape index (κ1) is 19.9. The predicted molar refractivity (Wildman–Crippen MR) is 103 cm³/mol. The fourth-order valence-corrected chi connectivity index (χ4v) is 3.56. The molecule has 28 heavy (non-hydrogen) atoms. The van der Waals surface area contributed by atoms with E-state index in [-0.39, 0.29) is 5.91 Å². The minimum absolute atomic E-state index is 0.174. The van der Waals surface area contributed by atoms with Gasteiger partial charge in [0, 0.05) is 31.5 Å². The number of benzene rings is 1. The van der Waals surface area contributed by atoms with Crippen molar-refractivity contribution >= 4 is 11.9 Å². The summed E-state index contributed by atoms with van der Waals surface area (Å²) in [7, 11) is 0. The van der Waals surface area contributed by atoms with Gasteiger partial charge in [0.2, 0.25) is 0 Å². The molecule has 1 amide bonds. The second-order valence-electron chi connectivity index (χ2n) is 7.12. The van der Waals surface area contributed by atoms with Gasteiger partial charge in [0.15, 0.2) is 6.61 Å². The highest BCUT2D eigenvalue weighted by Gasteiger charge is 2.16. The number of carboxylic acids is 1. The Morgan fingerprint density at radius 1 is 1.18 bits per heavy atom. The average molecular weight is 386 g/mol. The summed E-state index contributed by atoms with van der Waals surface area (Å²) in [4.78, 5) is 23.2. The van der Waals surface area contributed by atoms with Crippen LogP contribution in [0, 0.1) is 13.8 Å². The molecule has 2 N–H and O–H groups in total. The number of amides is 1. The van der Waals surface area contributed by atoms with E-state index in [9.17, 15) is 9.59 Å². The van der Waals surface area contributed by atoms with Gasteiger partial charge in [-0.25, -0.2) is 4.79 Å². The molecule has 0 aliphatic carbocycles. The van der Waals surface area contributed by atoms with Gasteiger partial charge < -0.3 is 19.7 Å². The zero-order chi connectivity index (χ0) is 20.1. The van der Waals surface area contributed by atoms with E-state index in [0.717, 1.165) is 48.6 Å². The Labute approximate surface area is 163 Å². The molecule has 1 aliphatic heterocycles. The molecular formula is C20H26N4O4. The van der Waals surface area contributed by atoms with Crippen molar-refractivity contribution in [3.8, 4) is 5.75 Å². The minimum Gasteiger partial charge on any atom is -0.481 e. The van der Waals surface area contributed by atoms with Crippen molar-refractivity contribution in [2.45, 2.75) is 52.5 Å². The van der Waals surface area contributed by atoms with Gasteiger partial charge in [0.1, 0.15) is 17.4 Å². The standard InChI is InChI=1S/C20H26N4O4/c1-13-10-15(11-14(2)19(13)28-12-18(25)26)20(27)21-8-7-17-23-22-16-6-4-3-5-9-24(16)17/h10-11H,3-9,12H2,1-2H3,(H,21,27)(H,25,26). The number of hydrogen-bond donors (Lipinski definition) is 2. The van der Waals surface area contributed by atoms with E-state index in [2.05, 4.69) is 20.1 Å². The number of carbonyl (C=O) groups excluding carboxylic acids is 1. The molecule has 8 heteroatoms. The lowest BCUT2D eigenvalue weighted by atomic mass is 10.1. The van der Waals surface area contributed by atoms with Crippen molar-refractivity contribution in [2.75, 3.05) is 13.2 Å². The smallest absolute Gasteiger partial charge is 0.341 e. The molecule has 0 saturated heterocycles. The lowest BCUT2D eigenvalue weighted by Gasteiger charge is -2.13. The first-order valence-corrected chi connectivity index (χ1v) is 9.60. The van der Waals surface area contributed by atoms with Crippen LogP contribution in [0.2, 0.25) is 0 Å². The Balaban J connectivity index is 1.59. The number of nitrogens with one attached hydrogen (secondary N) is 1. The number of fused-ring (bicyclic) bond motifs is 1. The van der Waals surface area contributed by atoms with E-state index in [1.165, 1.54) is 6.42 Å². The maximum absolute atomic E-state index is 12.5. The molecule has 150 valence electrons. The molecule has 2 heterocycles. The maximum Gasteiger partial charge on any atom is 0.341 e. The summed E-state index contributed by atoms with van der Waals surface area (Å²) in [5.41, 5.74) is 1.99. The highest BCUT2D eigenvalue weighted by Crippen LogP contribution is 2.25. The van der Waals surface area contributed by atoms with Gasteiger partial charge in [-0.05, 0) is 49.9 Å². The predicted octanol–water partition coefficient (Wildman–Crippen LogP) is 2.06. The fraction of sp³-hybridized carbons (Fsp3) is 0.500. The number of hydrogen-bond acceptors (Lipinski definition) is 5. The third-order valence-electron chi connectivity index (χ3n) is 4.88. The first-order valence-electron chi connectivity index (χ1n) is 9.60. The summed E-state index contributed by atoms with van der Waals surface area (Å²) in [6.07, 6.45) is 5.11. The SMILES string of the molecule is Cc1cc(C(=O)NCCc2nnc3n2CCCCC3)cc(C)c1OCC(=O)O. The Morgan fingerprint density at radius 3 is 2.64 bits per heavy atom. The lowest BCUT2D eigenvalue weighted by molar-refractivity contribution is -0.139. The number of carboxylic acid groups (broad SMARTS) is 1. The molecule has 0 spiro atoms. The summed E-state index contributed by atoms with van der Waals surface area (Å²) < 4.78 is 7.49. The summed E-state index contributed by atoms with van der Waals surface area (Å²) in [6.45, 7) is 4.61. The van der Waals surface area contributed by atoms with Crippen molar-refractivity contribution in [1.29, 1.82) is 0 Å². The van der Waals surface area contributed by atoms with E-state index in [1.807, 2.05) is 0 Å². The Kier molecular flexibility index (Phi) is 6.28. The minimum atomic E-state index is -1.04. The van der Waals surface area contributed by atoms with Crippen LogP contribution in [0.25, 0.3) is 0 Å². The second kappa shape index (κ2) is 8.86. The molecule has 1 aliphatic rings. The normalized spacial score (nSPS) is 13.5. The molecule has 1 aromatic carbocycles. The van der Waals surface area contributed by atoms with Crippen LogP contribution < -0.4 is 10.1 Å². The topological polar surface area (TPSA) is 106 Å². The Bertz CT molecular complexity index is 852. The van der Waals surface area contributed by atoms with E-state index in [4.69, 9.17) is 9.84 Å². The molecule has 0 radical (unpaired) electrons. The van der Waals surface area contributed by atoms with Crippen molar-refractivity contribution in [3.63, 3.8) is 0 Å². The fourth-order valence-electron chi connectivity index (χ4n) is 3.56. The van der Waals surface area contributed by atoms with Crippen LogP contribution in [-0.2, 0) is 24.2 Å². The molecule has 0 atom stereocenters. The Morgan fingerprint density at radius 2 is 1.93 bits per heavy atom. The van der Waals surface area contributed by atoms with Crippen molar-refractivity contribution in [2.24, 2.45) is 0 Å². The third-order valence-corrected chi connectivity index (χ3v) is 4.88. The lowest BCUT2D eigenvalue weighted by Crippen LogP contribution is -2.27. The quantitative estimate of drug-likeness (QED) is 0.754. The highest BCUT2D eigenvalue weighted by molar-refractivity contribution is 5.94. The molecule has 0 unspecified atom stereocenters. The third kappa shape index (κ3) is 4.68. The van der Waals surface area contributed by atoms with Crippen molar-refractivity contribution < 1.29 is 19.4 Å². The number of carbonyl (C=O) groups is 2. The van der Waals surface area contributed by atoms with Gasteiger partial charge in [-0.1, -0.05) is 6.42 Å². The highest BCUT2D eigenvalue weighted by atomic mass is 16.5. The van der Waals surface area contributed by atoms with Gasteiger partial charge in [-0.15, -0.1) is 10.2 Å². The number of aliphatic carboxylic acids is 1. The van der Waals surface area contributed by atoms with Crippen LogP contribution in [0.15, 0.2) is 12.1 Å². The van der Waals surface area contributed by atoms with E-state index < -0.39 is 12.6 Å². The van der Waals surface area contributed by atoms with Gasteiger partial charge in [-0.3, -0.25) is 4.79 Å². The molecule has 1 aromatic heterocycles. The van der Waals surface area contributed by atoms with Gasteiger partial charge in [0.25, 0.3) is 5.91 Å². The van der Waals surface area contributed by atoms with Crippen LogP contribution in [0.1, 0.15) is 52.4 Å². The second-order valence-corrected chi connectivity index (χ2v) is 7.12. The zero-order valence-electron chi connectivity index (χ0n) is 16.3. The van der Waals surface area contributed by atoms with Crippen LogP contribution in [-0.4, -0.2) is 44.9 Å². The number of nitrogens with zero attached hydrogens (tertiary/aromatic N) is 3.